The van der Waals surface area contributed by atoms with Crippen LogP contribution in [0.25, 0.3) is 0 Å². The molecule has 2 aromatic heterocycles. The van der Waals surface area contributed by atoms with Crippen LogP contribution in [-0.4, -0.2) is 46.8 Å². The van der Waals surface area contributed by atoms with Gasteiger partial charge in [0.1, 0.15) is 23.0 Å². The highest BCUT2D eigenvalue weighted by Gasteiger charge is 2.21. The third-order valence-electron chi connectivity index (χ3n) is 4.17. The third-order valence-corrected chi connectivity index (χ3v) is 5.12. The molecule has 1 aliphatic heterocycles. The summed E-state index contributed by atoms with van der Waals surface area (Å²) in [4.78, 5) is 17.7. The first kappa shape index (κ1) is 16.1. The van der Waals surface area contributed by atoms with Gasteiger partial charge < -0.3 is 14.9 Å². The molecule has 0 amide bonds. The molecule has 0 aliphatic carbocycles. The second-order valence-electron chi connectivity index (χ2n) is 6.11. The van der Waals surface area contributed by atoms with Gasteiger partial charge in [-0.3, -0.25) is 0 Å². The summed E-state index contributed by atoms with van der Waals surface area (Å²) < 4.78 is 0. The average Bonchev–Trinajstić information content (AvgIpc) is 3.00. The van der Waals surface area contributed by atoms with Crippen LogP contribution in [0, 0.1) is 12.8 Å². The van der Waals surface area contributed by atoms with Crippen molar-refractivity contribution in [1.82, 2.24) is 15.0 Å². The number of aryl methyl sites for hydroxylation is 1. The predicted molar refractivity (Wildman–Crippen MR) is 93.0 cm³/mol. The van der Waals surface area contributed by atoms with E-state index in [0.717, 1.165) is 54.8 Å². The molecule has 1 fully saturated rings. The quantitative estimate of drug-likeness (QED) is 0.904. The summed E-state index contributed by atoms with van der Waals surface area (Å²) in [6.07, 6.45) is 3.81. The van der Waals surface area contributed by atoms with E-state index in [9.17, 15) is 5.11 Å². The molecule has 0 bridgehead atoms. The molecule has 3 heterocycles. The van der Waals surface area contributed by atoms with E-state index in [1.54, 1.807) is 17.7 Å². The van der Waals surface area contributed by atoms with Crippen molar-refractivity contribution in [3.63, 3.8) is 0 Å². The molecule has 124 valence electrons. The Kier molecular flexibility index (Phi) is 5.07. The molecule has 1 aliphatic rings. The molecular formula is C16H23N5OS. The Balaban J connectivity index is 1.71. The number of thiazole rings is 1. The van der Waals surface area contributed by atoms with E-state index < -0.39 is 0 Å². The Morgan fingerprint density at radius 1 is 1.43 bits per heavy atom. The van der Waals surface area contributed by atoms with Crippen LogP contribution in [0.1, 0.15) is 23.5 Å². The standard InChI is InChI=1S/C16H23N5OS/c1-12-10-23-16(19-12)8-20(2)14-6-15(18-11-17-14)21-5-3-4-13(7-21)9-22/h6,10-11,13,22H,3-5,7-9H2,1-2H3. The minimum absolute atomic E-state index is 0.248. The Labute approximate surface area is 140 Å². The normalized spacial score (nSPS) is 18.2. The molecule has 23 heavy (non-hydrogen) atoms. The molecule has 1 N–H and O–H groups in total. The Morgan fingerprint density at radius 2 is 2.30 bits per heavy atom. The molecule has 0 saturated carbocycles. The van der Waals surface area contributed by atoms with E-state index in [0.29, 0.717) is 5.92 Å². The zero-order valence-corrected chi connectivity index (χ0v) is 14.5. The van der Waals surface area contributed by atoms with Gasteiger partial charge in [-0.1, -0.05) is 0 Å². The predicted octanol–water partition coefficient (Wildman–Crippen LogP) is 2.09. The van der Waals surface area contributed by atoms with E-state index in [2.05, 4.69) is 30.1 Å². The van der Waals surface area contributed by atoms with Crippen molar-refractivity contribution in [2.75, 3.05) is 36.5 Å². The van der Waals surface area contributed by atoms with Crippen LogP contribution in [0.4, 0.5) is 11.6 Å². The van der Waals surface area contributed by atoms with Gasteiger partial charge in [-0.05, 0) is 25.7 Å². The summed E-state index contributed by atoms with van der Waals surface area (Å²) in [6, 6.07) is 2.03. The number of hydrogen-bond donors (Lipinski definition) is 1. The molecule has 1 saturated heterocycles. The van der Waals surface area contributed by atoms with Gasteiger partial charge in [-0.25, -0.2) is 15.0 Å². The summed E-state index contributed by atoms with van der Waals surface area (Å²) in [5.74, 6) is 2.18. The summed E-state index contributed by atoms with van der Waals surface area (Å²) in [5, 5.41) is 12.5. The van der Waals surface area contributed by atoms with Crippen molar-refractivity contribution in [1.29, 1.82) is 0 Å². The highest BCUT2D eigenvalue weighted by atomic mass is 32.1. The first-order valence-electron chi connectivity index (χ1n) is 7.95. The number of piperidine rings is 1. The van der Waals surface area contributed by atoms with Crippen molar-refractivity contribution >= 4 is 23.0 Å². The van der Waals surface area contributed by atoms with Crippen LogP contribution in [0.3, 0.4) is 0 Å². The smallest absolute Gasteiger partial charge is 0.134 e. The molecule has 0 radical (unpaired) electrons. The maximum Gasteiger partial charge on any atom is 0.134 e. The maximum atomic E-state index is 9.39. The first-order valence-corrected chi connectivity index (χ1v) is 8.83. The SMILES string of the molecule is Cc1csc(CN(C)c2cc(N3CCCC(CO)C3)ncn2)n1. The van der Waals surface area contributed by atoms with Crippen molar-refractivity contribution in [2.24, 2.45) is 5.92 Å². The zero-order chi connectivity index (χ0) is 16.2. The second kappa shape index (κ2) is 7.23. The molecule has 1 atom stereocenters. The van der Waals surface area contributed by atoms with Crippen LogP contribution in [0.2, 0.25) is 0 Å². The molecule has 2 aromatic rings. The van der Waals surface area contributed by atoms with Gasteiger partial charge in [-0.2, -0.15) is 0 Å². The number of nitrogens with zero attached hydrogens (tertiary/aromatic N) is 5. The molecular weight excluding hydrogens is 310 g/mol. The van der Waals surface area contributed by atoms with Crippen LogP contribution in [0.15, 0.2) is 17.8 Å². The highest BCUT2D eigenvalue weighted by Crippen LogP contribution is 2.24. The van der Waals surface area contributed by atoms with Crippen LogP contribution < -0.4 is 9.80 Å². The molecule has 1 unspecified atom stereocenters. The van der Waals surface area contributed by atoms with Crippen molar-refractivity contribution in [3.05, 3.63) is 28.5 Å². The van der Waals surface area contributed by atoms with Crippen molar-refractivity contribution in [3.8, 4) is 0 Å². The van der Waals surface area contributed by atoms with E-state index in [1.165, 1.54) is 0 Å². The van der Waals surface area contributed by atoms with Crippen LogP contribution in [0.5, 0.6) is 0 Å². The van der Waals surface area contributed by atoms with Gasteiger partial charge >= 0.3 is 0 Å². The van der Waals surface area contributed by atoms with E-state index in [-0.39, 0.29) is 6.61 Å². The van der Waals surface area contributed by atoms with E-state index in [1.807, 2.05) is 20.0 Å². The first-order chi connectivity index (χ1) is 11.2. The van der Waals surface area contributed by atoms with Crippen molar-refractivity contribution in [2.45, 2.75) is 26.3 Å². The third kappa shape index (κ3) is 3.97. The number of hydrogen-bond acceptors (Lipinski definition) is 7. The number of aliphatic hydroxyl groups is 1. The second-order valence-corrected chi connectivity index (χ2v) is 7.05. The highest BCUT2D eigenvalue weighted by molar-refractivity contribution is 7.09. The van der Waals surface area contributed by atoms with Gasteiger partial charge in [0.2, 0.25) is 0 Å². The lowest BCUT2D eigenvalue weighted by Crippen LogP contribution is -2.37. The van der Waals surface area contributed by atoms with Gasteiger partial charge in [0.25, 0.3) is 0 Å². The van der Waals surface area contributed by atoms with Gasteiger partial charge in [0, 0.05) is 43.9 Å². The van der Waals surface area contributed by atoms with Gasteiger partial charge in [-0.15, -0.1) is 11.3 Å². The fraction of sp³-hybridized carbons (Fsp3) is 0.562. The fourth-order valence-electron chi connectivity index (χ4n) is 2.90. The topological polar surface area (TPSA) is 65.4 Å². The van der Waals surface area contributed by atoms with E-state index >= 15 is 0 Å². The van der Waals surface area contributed by atoms with Gasteiger partial charge in [0.15, 0.2) is 0 Å². The summed E-state index contributed by atoms with van der Waals surface area (Å²) in [5.41, 5.74) is 1.06. The zero-order valence-electron chi connectivity index (χ0n) is 13.6. The minimum atomic E-state index is 0.248. The largest absolute Gasteiger partial charge is 0.396 e. The summed E-state index contributed by atoms with van der Waals surface area (Å²) >= 11 is 1.67. The lowest BCUT2D eigenvalue weighted by molar-refractivity contribution is 0.208. The minimum Gasteiger partial charge on any atom is -0.396 e. The average molecular weight is 333 g/mol. The number of anilines is 2. The Hall–Kier alpha value is -1.73. The molecule has 0 aromatic carbocycles. The number of rotatable bonds is 5. The summed E-state index contributed by atoms with van der Waals surface area (Å²) in [6.45, 7) is 4.85. The monoisotopic (exact) mass is 333 g/mol. The lowest BCUT2D eigenvalue weighted by Gasteiger charge is -2.33. The van der Waals surface area contributed by atoms with Crippen LogP contribution >= 0.6 is 11.3 Å². The number of aromatic nitrogens is 3. The molecule has 3 rings (SSSR count). The maximum absolute atomic E-state index is 9.39. The van der Waals surface area contributed by atoms with Gasteiger partial charge in [0.05, 0.1) is 6.54 Å². The number of aliphatic hydroxyl groups excluding tert-OH is 1. The Bertz CT molecular complexity index is 647. The molecule has 7 heteroatoms. The fourth-order valence-corrected chi connectivity index (χ4v) is 3.72. The van der Waals surface area contributed by atoms with Crippen molar-refractivity contribution < 1.29 is 5.11 Å². The lowest BCUT2D eigenvalue weighted by atomic mass is 9.99. The Morgan fingerprint density at radius 3 is 3.04 bits per heavy atom. The van der Waals surface area contributed by atoms with E-state index in [4.69, 9.17) is 0 Å². The molecule has 6 nitrogen and oxygen atoms in total. The summed E-state index contributed by atoms with van der Waals surface area (Å²) in [7, 11) is 2.02. The molecule has 0 spiro atoms. The van der Waals surface area contributed by atoms with Crippen LogP contribution in [-0.2, 0) is 6.54 Å².